The summed E-state index contributed by atoms with van der Waals surface area (Å²) in [7, 11) is 0. The van der Waals surface area contributed by atoms with E-state index in [9.17, 15) is 22.7 Å². The van der Waals surface area contributed by atoms with E-state index in [0.717, 1.165) is 0 Å². The first-order chi connectivity index (χ1) is 13.5. The van der Waals surface area contributed by atoms with Crippen LogP contribution in [0, 0.1) is 23.3 Å². The smallest absolute Gasteiger partial charge is 0.236 e. The van der Waals surface area contributed by atoms with Crippen LogP contribution in [0.5, 0.6) is 5.88 Å². The Balaban J connectivity index is 1.74. The second-order valence-corrected chi connectivity index (χ2v) is 6.06. The van der Waals surface area contributed by atoms with Crippen LogP contribution in [0.2, 0.25) is 0 Å². The molecule has 28 heavy (non-hydrogen) atoms. The molecule has 2 aromatic carbocycles. The Labute approximate surface area is 156 Å². The molecule has 0 spiro atoms. The molecule has 2 N–H and O–H groups in total. The van der Waals surface area contributed by atoms with E-state index in [1.54, 1.807) is 30.5 Å². The zero-order valence-corrected chi connectivity index (χ0v) is 14.3. The Hall–Kier alpha value is -3.55. The van der Waals surface area contributed by atoms with Gasteiger partial charge in [-0.1, -0.05) is 36.4 Å². The Morgan fingerprint density at radius 1 is 0.857 bits per heavy atom. The number of nitrogens with one attached hydrogen (secondary N) is 1. The fourth-order valence-electron chi connectivity index (χ4n) is 3.03. The summed E-state index contributed by atoms with van der Waals surface area (Å²) in [5, 5.41) is 16.1. The fourth-order valence-corrected chi connectivity index (χ4v) is 3.03. The van der Waals surface area contributed by atoms with E-state index < -0.39 is 34.5 Å². The van der Waals surface area contributed by atoms with E-state index in [-0.39, 0.29) is 23.6 Å². The van der Waals surface area contributed by atoms with Crippen molar-refractivity contribution in [1.82, 2.24) is 9.61 Å². The maximum atomic E-state index is 14.5. The number of hydrogen-bond donors (Lipinski definition) is 2. The second-order valence-electron chi connectivity index (χ2n) is 6.06. The fraction of sp³-hybridized carbons (Fsp3) is 0.0500. The molecule has 0 aliphatic rings. The van der Waals surface area contributed by atoms with Gasteiger partial charge in [0, 0.05) is 12.7 Å². The standard InChI is InChI=1S/C20H13F4N3O/c21-15-14(11-6-2-1-3-7-11)16(22)18(24)19(17(15)23)25-10-12-13-8-4-5-9-27(13)26-20(12)28/h1-9,25H,10H2,(H,26,28). The monoisotopic (exact) mass is 387 g/mol. The van der Waals surface area contributed by atoms with E-state index in [4.69, 9.17) is 0 Å². The van der Waals surface area contributed by atoms with Gasteiger partial charge < -0.3 is 10.4 Å². The number of fused-ring (bicyclic) bond motifs is 1. The van der Waals surface area contributed by atoms with E-state index in [0.29, 0.717) is 5.52 Å². The largest absolute Gasteiger partial charge is 0.492 e. The molecule has 0 radical (unpaired) electrons. The molecule has 0 fully saturated rings. The lowest BCUT2D eigenvalue weighted by molar-refractivity contribution is 0.443. The van der Waals surface area contributed by atoms with Gasteiger partial charge in [0.2, 0.25) is 5.88 Å². The Kier molecular flexibility index (Phi) is 4.38. The minimum absolute atomic E-state index is 0.0159. The number of anilines is 1. The maximum Gasteiger partial charge on any atom is 0.236 e. The third kappa shape index (κ3) is 2.83. The lowest BCUT2D eigenvalue weighted by Crippen LogP contribution is -2.09. The highest BCUT2D eigenvalue weighted by Crippen LogP contribution is 2.35. The summed E-state index contributed by atoms with van der Waals surface area (Å²) >= 11 is 0. The van der Waals surface area contributed by atoms with Crippen molar-refractivity contribution < 1.29 is 22.7 Å². The third-order valence-corrected chi connectivity index (χ3v) is 4.39. The van der Waals surface area contributed by atoms with Crippen LogP contribution in [-0.4, -0.2) is 14.7 Å². The summed E-state index contributed by atoms with van der Waals surface area (Å²) in [6, 6.07) is 12.3. The van der Waals surface area contributed by atoms with Crippen LogP contribution in [0.3, 0.4) is 0 Å². The van der Waals surface area contributed by atoms with Crippen LogP contribution < -0.4 is 5.32 Å². The number of aromatic hydroxyl groups is 1. The van der Waals surface area contributed by atoms with Gasteiger partial charge in [0.1, 0.15) is 5.69 Å². The van der Waals surface area contributed by atoms with E-state index in [1.165, 1.54) is 28.8 Å². The molecular formula is C20H13F4N3O. The molecule has 142 valence electrons. The van der Waals surface area contributed by atoms with Crippen molar-refractivity contribution in [3.63, 3.8) is 0 Å². The lowest BCUT2D eigenvalue weighted by atomic mass is 10.0. The van der Waals surface area contributed by atoms with Crippen LogP contribution in [0.1, 0.15) is 5.56 Å². The van der Waals surface area contributed by atoms with Gasteiger partial charge in [0.25, 0.3) is 0 Å². The molecule has 4 nitrogen and oxygen atoms in total. The minimum Gasteiger partial charge on any atom is -0.492 e. The highest BCUT2D eigenvalue weighted by atomic mass is 19.2. The number of halogens is 4. The van der Waals surface area contributed by atoms with Gasteiger partial charge in [0.15, 0.2) is 23.3 Å². The number of rotatable bonds is 4. The zero-order chi connectivity index (χ0) is 19.8. The van der Waals surface area contributed by atoms with Gasteiger partial charge in [-0.25, -0.2) is 22.1 Å². The van der Waals surface area contributed by atoms with Crippen LogP contribution in [0.15, 0.2) is 54.7 Å². The lowest BCUT2D eigenvalue weighted by Gasteiger charge is -2.13. The van der Waals surface area contributed by atoms with Crippen molar-refractivity contribution >= 4 is 11.2 Å². The predicted molar refractivity (Wildman–Crippen MR) is 95.9 cm³/mol. The van der Waals surface area contributed by atoms with Gasteiger partial charge in [0.05, 0.1) is 16.6 Å². The average molecular weight is 387 g/mol. The van der Waals surface area contributed by atoms with Crippen molar-refractivity contribution in [2.75, 3.05) is 5.32 Å². The van der Waals surface area contributed by atoms with Crippen molar-refractivity contribution in [2.45, 2.75) is 6.54 Å². The molecule has 8 heteroatoms. The van der Waals surface area contributed by atoms with Crippen LogP contribution >= 0.6 is 0 Å². The SMILES string of the molecule is Oc1nn2ccccc2c1CNc1c(F)c(F)c(-c2ccccc2)c(F)c1F. The molecule has 0 bridgehead atoms. The number of aromatic nitrogens is 2. The van der Waals surface area contributed by atoms with Crippen molar-refractivity contribution in [1.29, 1.82) is 0 Å². The Morgan fingerprint density at radius 3 is 2.18 bits per heavy atom. The highest BCUT2D eigenvalue weighted by Gasteiger charge is 2.26. The van der Waals surface area contributed by atoms with Crippen molar-refractivity contribution in [2.24, 2.45) is 0 Å². The first kappa shape index (κ1) is 17.8. The Bertz CT molecular complexity index is 1150. The van der Waals surface area contributed by atoms with Crippen molar-refractivity contribution in [3.05, 3.63) is 83.6 Å². The third-order valence-electron chi connectivity index (χ3n) is 4.39. The maximum absolute atomic E-state index is 14.5. The Morgan fingerprint density at radius 2 is 1.50 bits per heavy atom. The molecule has 0 aliphatic heterocycles. The van der Waals surface area contributed by atoms with Gasteiger partial charge in [-0.2, -0.15) is 0 Å². The van der Waals surface area contributed by atoms with Crippen molar-refractivity contribution in [3.8, 4) is 17.0 Å². The number of benzene rings is 2. The van der Waals surface area contributed by atoms with E-state index in [2.05, 4.69) is 10.4 Å². The van der Waals surface area contributed by atoms with Crippen LogP contribution in [0.25, 0.3) is 16.6 Å². The van der Waals surface area contributed by atoms with E-state index in [1.807, 2.05) is 0 Å². The predicted octanol–water partition coefficient (Wildman–Crippen LogP) is 4.88. The number of hydrogen-bond acceptors (Lipinski definition) is 3. The topological polar surface area (TPSA) is 49.6 Å². The summed E-state index contributed by atoms with van der Waals surface area (Å²) < 4.78 is 59.4. The highest BCUT2D eigenvalue weighted by molar-refractivity contribution is 5.69. The number of pyridine rings is 1. The molecule has 0 aliphatic carbocycles. The van der Waals surface area contributed by atoms with Gasteiger partial charge in [-0.3, -0.25) is 0 Å². The molecule has 0 atom stereocenters. The first-order valence-electron chi connectivity index (χ1n) is 8.29. The van der Waals surface area contributed by atoms with Crippen LogP contribution in [0.4, 0.5) is 23.2 Å². The molecule has 0 unspecified atom stereocenters. The second kappa shape index (κ2) is 6.88. The molecule has 2 heterocycles. The number of nitrogens with zero attached hydrogens (tertiary/aromatic N) is 2. The summed E-state index contributed by atoms with van der Waals surface area (Å²) in [5.41, 5.74) is -1.01. The molecule has 4 aromatic rings. The van der Waals surface area contributed by atoms with Crippen LogP contribution in [-0.2, 0) is 6.54 Å². The molecule has 0 amide bonds. The first-order valence-corrected chi connectivity index (χ1v) is 8.29. The summed E-state index contributed by atoms with van der Waals surface area (Å²) in [5.74, 6) is -6.46. The summed E-state index contributed by atoms with van der Waals surface area (Å²) in [4.78, 5) is 0. The molecule has 2 aromatic heterocycles. The molecule has 4 rings (SSSR count). The zero-order valence-electron chi connectivity index (χ0n) is 14.3. The van der Waals surface area contributed by atoms with Gasteiger partial charge in [-0.15, -0.1) is 5.10 Å². The minimum atomic E-state index is -1.55. The van der Waals surface area contributed by atoms with Gasteiger partial charge in [-0.05, 0) is 17.7 Å². The summed E-state index contributed by atoms with van der Waals surface area (Å²) in [6.45, 7) is -0.295. The van der Waals surface area contributed by atoms with E-state index >= 15 is 0 Å². The molecular weight excluding hydrogens is 374 g/mol. The van der Waals surface area contributed by atoms with Gasteiger partial charge >= 0.3 is 0 Å². The summed E-state index contributed by atoms with van der Waals surface area (Å²) in [6.07, 6.45) is 1.58. The molecule has 0 saturated heterocycles. The average Bonchev–Trinajstić information content (AvgIpc) is 3.03. The normalized spacial score (nSPS) is 11.1. The quantitative estimate of drug-likeness (QED) is 0.388. The molecule has 0 saturated carbocycles.